The number of halogens is 2. The number of ether oxygens (including phenoxy) is 1. The maximum atomic E-state index is 12.7. The van der Waals surface area contributed by atoms with Crippen LogP contribution in [0.15, 0.2) is 29.2 Å². The third-order valence-electron chi connectivity index (χ3n) is 5.41. The van der Waals surface area contributed by atoms with Crippen molar-refractivity contribution < 1.29 is 17.9 Å². The van der Waals surface area contributed by atoms with Crippen LogP contribution in [0.25, 0.3) is 0 Å². The molecule has 0 bridgehead atoms. The van der Waals surface area contributed by atoms with Crippen LogP contribution in [0.1, 0.15) is 12.8 Å². The molecule has 1 unspecified atom stereocenters. The number of nitrogens with one attached hydrogen (secondary N) is 1. The predicted molar refractivity (Wildman–Crippen MR) is 117 cm³/mol. The molecular formula is C18H30Cl2N4O4S. The van der Waals surface area contributed by atoms with Crippen LogP contribution in [-0.2, 0) is 19.6 Å². The smallest absolute Gasteiger partial charge is 0.242 e. The van der Waals surface area contributed by atoms with Crippen LogP contribution in [-0.4, -0.2) is 71.7 Å². The minimum atomic E-state index is -3.54. The fourth-order valence-corrected chi connectivity index (χ4v) is 4.66. The molecule has 3 rings (SSSR count). The lowest BCUT2D eigenvalue weighted by atomic mass is 9.91. The molecule has 2 aliphatic heterocycles. The van der Waals surface area contributed by atoms with Gasteiger partial charge in [-0.25, -0.2) is 13.1 Å². The van der Waals surface area contributed by atoms with Crippen LogP contribution in [0.4, 0.5) is 5.69 Å². The Bertz CT molecular complexity index is 767. The van der Waals surface area contributed by atoms with Crippen molar-refractivity contribution in [2.75, 3.05) is 51.3 Å². The van der Waals surface area contributed by atoms with E-state index in [2.05, 4.69) is 4.72 Å². The maximum absolute atomic E-state index is 12.7. The minimum absolute atomic E-state index is 0. The normalized spacial score (nSPS) is 19.1. The molecule has 0 radical (unpaired) electrons. The molecular weight excluding hydrogens is 439 g/mol. The van der Waals surface area contributed by atoms with Crippen LogP contribution in [0, 0.1) is 5.92 Å². The van der Waals surface area contributed by atoms with Crippen molar-refractivity contribution in [1.82, 2.24) is 9.62 Å². The lowest BCUT2D eigenvalue weighted by Gasteiger charge is -2.39. The molecule has 8 nitrogen and oxygen atoms in total. The fourth-order valence-electron chi connectivity index (χ4n) is 3.71. The highest BCUT2D eigenvalue weighted by Crippen LogP contribution is 2.26. The van der Waals surface area contributed by atoms with Crippen LogP contribution < -0.4 is 15.4 Å². The molecule has 2 aliphatic rings. The Hall–Kier alpha value is -1.10. The van der Waals surface area contributed by atoms with E-state index in [0.29, 0.717) is 45.1 Å². The number of nitrogens with two attached hydrogens (primary N) is 1. The summed E-state index contributed by atoms with van der Waals surface area (Å²) in [7, 11) is -2.14. The van der Waals surface area contributed by atoms with Gasteiger partial charge in [-0.15, -0.1) is 24.8 Å². The highest BCUT2D eigenvalue weighted by molar-refractivity contribution is 7.89. The summed E-state index contributed by atoms with van der Waals surface area (Å²) >= 11 is 0. The average molecular weight is 469 g/mol. The van der Waals surface area contributed by atoms with Crippen molar-refractivity contribution in [2.24, 2.45) is 11.7 Å². The molecule has 2 fully saturated rings. The van der Waals surface area contributed by atoms with Crippen LogP contribution in [0.3, 0.4) is 0 Å². The van der Waals surface area contributed by atoms with E-state index in [4.69, 9.17) is 10.5 Å². The Balaban J connectivity index is 0.00000210. The number of rotatable bonds is 5. The number of amides is 1. The van der Waals surface area contributed by atoms with Gasteiger partial charge in [0.25, 0.3) is 0 Å². The summed E-state index contributed by atoms with van der Waals surface area (Å²) < 4.78 is 32.3. The van der Waals surface area contributed by atoms with Crippen LogP contribution in [0.2, 0.25) is 0 Å². The molecule has 2 saturated heterocycles. The first kappa shape index (κ1) is 25.9. The molecule has 1 aromatic rings. The Morgan fingerprint density at radius 3 is 2.31 bits per heavy atom. The van der Waals surface area contributed by atoms with E-state index >= 15 is 0 Å². The third-order valence-corrected chi connectivity index (χ3v) is 6.88. The van der Waals surface area contributed by atoms with Gasteiger partial charge in [0.2, 0.25) is 15.9 Å². The number of nitrogens with zero attached hydrogens (tertiary/aromatic N) is 2. The van der Waals surface area contributed by atoms with Crippen LogP contribution in [0.5, 0.6) is 0 Å². The summed E-state index contributed by atoms with van der Waals surface area (Å²) in [5.41, 5.74) is 6.88. The number of carbonyl (C=O) groups is 1. The average Bonchev–Trinajstić information content (AvgIpc) is 2.73. The number of sulfonamides is 1. The highest BCUT2D eigenvalue weighted by Gasteiger charge is 2.32. The molecule has 0 aliphatic carbocycles. The number of piperazine rings is 1. The van der Waals surface area contributed by atoms with Gasteiger partial charge < -0.3 is 20.3 Å². The Labute approximate surface area is 185 Å². The van der Waals surface area contributed by atoms with E-state index in [1.54, 1.807) is 23.1 Å². The first-order valence-electron chi connectivity index (χ1n) is 9.33. The second-order valence-electron chi connectivity index (χ2n) is 6.96. The van der Waals surface area contributed by atoms with Gasteiger partial charge in [-0.3, -0.25) is 4.79 Å². The molecule has 0 saturated carbocycles. The molecule has 0 spiro atoms. The SMILES string of the molecule is CNS(=O)(=O)c1ccccc1N1CCN(C(=O)C(N)C2CCOCC2)CC1.Cl.Cl. The quantitative estimate of drug-likeness (QED) is 0.663. The number of benzene rings is 1. The highest BCUT2D eigenvalue weighted by atomic mass is 35.5. The molecule has 11 heteroatoms. The second kappa shape index (κ2) is 11.3. The van der Waals surface area contributed by atoms with Crippen molar-refractivity contribution in [3.63, 3.8) is 0 Å². The van der Waals surface area contributed by atoms with Gasteiger partial charge in [-0.2, -0.15) is 0 Å². The van der Waals surface area contributed by atoms with Crippen LogP contribution >= 0.6 is 24.8 Å². The molecule has 29 heavy (non-hydrogen) atoms. The van der Waals surface area contributed by atoms with Crippen molar-refractivity contribution in [3.8, 4) is 0 Å². The zero-order valence-electron chi connectivity index (χ0n) is 16.5. The molecule has 2 heterocycles. The van der Waals surface area contributed by atoms with Gasteiger partial charge >= 0.3 is 0 Å². The Kier molecular flexibility index (Phi) is 10.1. The van der Waals surface area contributed by atoms with E-state index in [-0.39, 0.29) is 41.5 Å². The van der Waals surface area contributed by atoms with E-state index < -0.39 is 16.1 Å². The number of para-hydroxylation sites is 1. The minimum Gasteiger partial charge on any atom is -0.381 e. The zero-order chi connectivity index (χ0) is 19.4. The number of hydrogen-bond donors (Lipinski definition) is 2. The van der Waals surface area contributed by atoms with E-state index in [0.717, 1.165) is 12.8 Å². The van der Waals surface area contributed by atoms with Crippen molar-refractivity contribution in [1.29, 1.82) is 0 Å². The number of anilines is 1. The molecule has 1 amide bonds. The number of hydrogen-bond acceptors (Lipinski definition) is 6. The Morgan fingerprint density at radius 2 is 1.72 bits per heavy atom. The van der Waals surface area contributed by atoms with Crippen molar-refractivity contribution in [3.05, 3.63) is 24.3 Å². The second-order valence-corrected chi connectivity index (χ2v) is 8.82. The third kappa shape index (κ3) is 5.96. The molecule has 166 valence electrons. The topological polar surface area (TPSA) is 105 Å². The van der Waals surface area contributed by atoms with Crippen molar-refractivity contribution in [2.45, 2.75) is 23.8 Å². The molecule has 1 atom stereocenters. The van der Waals surface area contributed by atoms with Gasteiger partial charge in [0.05, 0.1) is 11.7 Å². The van der Waals surface area contributed by atoms with Crippen molar-refractivity contribution >= 4 is 46.4 Å². The lowest BCUT2D eigenvalue weighted by Crippen LogP contribution is -2.55. The molecule has 0 aromatic heterocycles. The summed E-state index contributed by atoms with van der Waals surface area (Å²) in [5, 5.41) is 0. The van der Waals surface area contributed by atoms with E-state index in [1.807, 2.05) is 11.0 Å². The standard InChI is InChI=1S/C18H28N4O4S.2ClH/c1-20-27(24,25)16-5-3-2-4-15(16)21-8-10-22(11-9-21)18(23)17(19)14-6-12-26-13-7-14;;/h2-5,14,17,20H,6-13,19H2,1H3;2*1H. The van der Waals surface area contributed by atoms with Gasteiger partial charge in [0.1, 0.15) is 4.90 Å². The predicted octanol–water partition coefficient (Wildman–Crippen LogP) is 0.841. The largest absolute Gasteiger partial charge is 0.381 e. The summed E-state index contributed by atoms with van der Waals surface area (Å²) in [4.78, 5) is 16.8. The summed E-state index contributed by atoms with van der Waals surface area (Å²) in [6.45, 7) is 3.53. The molecule has 3 N–H and O–H groups in total. The van der Waals surface area contributed by atoms with Gasteiger partial charge in [-0.1, -0.05) is 12.1 Å². The van der Waals surface area contributed by atoms with Gasteiger partial charge in [0, 0.05) is 39.4 Å². The first-order chi connectivity index (χ1) is 12.9. The summed E-state index contributed by atoms with van der Waals surface area (Å²) in [5.74, 6) is 0.156. The molecule has 1 aromatic carbocycles. The summed E-state index contributed by atoms with van der Waals surface area (Å²) in [6.07, 6.45) is 1.64. The van der Waals surface area contributed by atoms with E-state index in [1.165, 1.54) is 7.05 Å². The lowest BCUT2D eigenvalue weighted by molar-refractivity contribution is -0.135. The fraction of sp³-hybridized carbons (Fsp3) is 0.611. The van der Waals surface area contributed by atoms with E-state index in [9.17, 15) is 13.2 Å². The monoisotopic (exact) mass is 468 g/mol. The zero-order valence-corrected chi connectivity index (χ0v) is 18.9. The Morgan fingerprint density at radius 1 is 1.14 bits per heavy atom. The summed E-state index contributed by atoms with van der Waals surface area (Å²) in [6, 6.07) is 6.44. The van der Waals surface area contributed by atoms with Gasteiger partial charge in [0.15, 0.2) is 0 Å². The number of carbonyl (C=O) groups excluding carboxylic acids is 1. The first-order valence-corrected chi connectivity index (χ1v) is 10.8. The van der Waals surface area contributed by atoms with Gasteiger partial charge in [-0.05, 0) is 37.9 Å². The maximum Gasteiger partial charge on any atom is 0.242 e.